The average molecular weight is 1690 g/mol. The fourth-order valence-electron chi connectivity index (χ4n) is 10.8. The van der Waals surface area contributed by atoms with Gasteiger partial charge in [0.2, 0.25) is 23.6 Å². The summed E-state index contributed by atoms with van der Waals surface area (Å²) in [5.74, 6) is 11.6. The number of thiazole rings is 4. The molecule has 592 valence electrons. The van der Waals surface area contributed by atoms with Crippen molar-refractivity contribution in [1.29, 1.82) is 0 Å². The zero-order valence-corrected chi connectivity index (χ0v) is 69.2. The molecule has 6 aromatic carbocycles. The molecule has 0 fully saturated rings. The first kappa shape index (κ1) is 88.3. The van der Waals surface area contributed by atoms with Crippen LogP contribution in [0.3, 0.4) is 0 Å². The molecule has 0 aliphatic rings. The molecule has 0 aliphatic heterocycles. The number of aromatic nitrogens is 6. The van der Waals surface area contributed by atoms with E-state index in [0.29, 0.717) is 76.8 Å². The number of hydrogen-bond donors (Lipinski definition) is 2. The summed E-state index contributed by atoms with van der Waals surface area (Å²) in [6, 6.07) is 47.0. The molecule has 0 radical (unpaired) electrons. The largest absolute Gasteiger partial charge is 0.291 e. The number of carbonyl (C=O) groups is 4. The molecule has 0 spiro atoms. The summed E-state index contributed by atoms with van der Waals surface area (Å²) < 4.78 is 105. The molecule has 4 amide bonds. The number of aryl methyl sites for hydroxylation is 4. The number of hydrogen-bond acceptors (Lipinski definition) is 18. The molecule has 0 saturated carbocycles. The van der Waals surface area contributed by atoms with Crippen molar-refractivity contribution < 1.29 is 53.6 Å². The first-order chi connectivity index (χ1) is 52.6. The lowest BCUT2D eigenvalue weighted by molar-refractivity contribution is -0.118. The predicted octanol–water partition coefficient (Wildman–Crippen LogP) is 14.6. The number of nitrogens with zero attached hydrogens (tertiary/aromatic N) is 10. The van der Waals surface area contributed by atoms with Gasteiger partial charge in [0.1, 0.15) is 40.1 Å². The number of benzene rings is 6. The number of carbonyl (C=O) groups excluding carboxylic acids is 4. The number of rotatable bonds is 20. The maximum absolute atomic E-state index is 13.9. The fraction of sp³-hybridized carbons (Fsp3) is 0.185. The van der Waals surface area contributed by atoms with Crippen LogP contribution >= 0.6 is 45.3 Å². The van der Waals surface area contributed by atoms with Gasteiger partial charge in [-0.3, -0.25) is 67.4 Å². The van der Waals surface area contributed by atoms with Gasteiger partial charge in [-0.05, 0) is 145 Å². The maximum atomic E-state index is 13.9. The van der Waals surface area contributed by atoms with Crippen LogP contribution in [0, 0.1) is 51.0 Å². The van der Waals surface area contributed by atoms with E-state index in [4.69, 9.17) is 10.3 Å². The van der Waals surface area contributed by atoms with Crippen molar-refractivity contribution in [2.75, 3.05) is 60.3 Å². The van der Waals surface area contributed by atoms with Crippen LogP contribution in [0.4, 0.5) is 38.1 Å². The van der Waals surface area contributed by atoms with Gasteiger partial charge >= 0.3 is 0 Å². The first-order valence-electron chi connectivity index (χ1n) is 33.6. The van der Waals surface area contributed by atoms with E-state index < -0.39 is 61.7 Å². The summed E-state index contributed by atoms with van der Waals surface area (Å²) in [5, 5.41) is 13.0. The van der Waals surface area contributed by atoms with E-state index in [1.807, 2.05) is 84.9 Å². The minimum Gasteiger partial charge on any atom is -0.291 e. The number of nitrogens with two attached hydrogens (primary N) is 2. The van der Waals surface area contributed by atoms with Gasteiger partial charge in [0.25, 0.3) is 0 Å². The van der Waals surface area contributed by atoms with Crippen molar-refractivity contribution in [3.8, 4) is 44.8 Å². The highest BCUT2D eigenvalue weighted by Crippen LogP contribution is 2.35. The van der Waals surface area contributed by atoms with E-state index in [1.54, 1.807) is 129 Å². The van der Waals surface area contributed by atoms with E-state index in [1.165, 1.54) is 42.3 Å². The second kappa shape index (κ2) is 37.6. The van der Waals surface area contributed by atoms with Crippen molar-refractivity contribution in [2.45, 2.75) is 77.6 Å². The van der Waals surface area contributed by atoms with Gasteiger partial charge in [-0.2, -0.15) is 0 Å². The number of likely N-dealkylation sites (N-methyl/N-ethyl adjacent to an activating group) is 4. The van der Waals surface area contributed by atoms with Gasteiger partial charge in [-0.25, -0.2) is 45.9 Å². The van der Waals surface area contributed by atoms with E-state index in [9.17, 15) is 53.6 Å². The van der Waals surface area contributed by atoms with Crippen LogP contribution < -0.4 is 29.9 Å². The first-order valence-corrected chi connectivity index (χ1v) is 44.7. The van der Waals surface area contributed by atoms with E-state index in [2.05, 4.69) is 53.4 Å². The molecule has 0 aliphatic carbocycles. The van der Waals surface area contributed by atoms with Crippen LogP contribution in [0.25, 0.3) is 44.8 Å². The summed E-state index contributed by atoms with van der Waals surface area (Å²) in [4.78, 5) is 82.2. The molecule has 20 nitrogen and oxygen atoms in total. The Morgan fingerprint density at radius 3 is 0.850 bits per heavy atom. The molecule has 32 heteroatoms. The Labute approximate surface area is 673 Å². The van der Waals surface area contributed by atoms with Crippen molar-refractivity contribution in [2.24, 2.45) is 10.3 Å². The van der Waals surface area contributed by atoms with Crippen molar-refractivity contribution in [3.63, 3.8) is 0 Å². The summed E-state index contributed by atoms with van der Waals surface area (Å²) in [5.41, 5.74) is 10.7. The molecule has 4 N–H and O–H groups in total. The number of anilines is 4. The van der Waals surface area contributed by atoms with Gasteiger partial charge in [0, 0.05) is 94.4 Å². The summed E-state index contributed by atoms with van der Waals surface area (Å²) in [6.45, 7) is 6.90. The Hall–Kier alpha value is -10.3. The molecule has 6 aromatic heterocycles. The molecule has 12 aromatic rings. The molecule has 0 saturated heterocycles. The Kier molecular flexibility index (Phi) is 29.4. The number of amides is 4. The van der Waals surface area contributed by atoms with Crippen molar-refractivity contribution in [1.82, 2.24) is 29.9 Å². The van der Waals surface area contributed by atoms with Crippen molar-refractivity contribution in [3.05, 3.63) is 251 Å². The lowest BCUT2D eigenvalue weighted by Gasteiger charge is -2.14. The van der Waals surface area contributed by atoms with Gasteiger partial charge in [-0.15, -0.1) is 0 Å². The molecule has 113 heavy (non-hydrogen) atoms. The zero-order valence-electron chi connectivity index (χ0n) is 62.6. The summed E-state index contributed by atoms with van der Waals surface area (Å²) >= 11 is 4.66. The van der Waals surface area contributed by atoms with Gasteiger partial charge in [0.15, 0.2) is 20.5 Å². The maximum Gasteiger partial charge on any atom is 0.232 e. The Morgan fingerprint density at radius 2 is 0.628 bits per heavy atom. The normalized spacial score (nSPS) is 13.0. The van der Waals surface area contributed by atoms with Crippen LogP contribution in [0.5, 0.6) is 0 Å². The van der Waals surface area contributed by atoms with Crippen LogP contribution in [0.2, 0.25) is 0 Å². The van der Waals surface area contributed by atoms with Gasteiger partial charge < -0.3 is 0 Å². The molecule has 4 atom stereocenters. The topological polar surface area (TPSA) is 279 Å². The monoisotopic (exact) mass is 1680 g/mol. The third kappa shape index (κ3) is 23.5. The third-order valence-corrected chi connectivity index (χ3v) is 29.6. The highest BCUT2D eigenvalue weighted by Gasteiger charge is 2.25. The number of halogens is 4. The van der Waals surface area contributed by atoms with E-state index in [0.717, 1.165) is 98.3 Å². The zero-order chi connectivity index (χ0) is 81.9. The molecular weight excluding hydrogens is 1600 g/mol. The fourth-order valence-corrected chi connectivity index (χ4v) is 19.8. The van der Waals surface area contributed by atoms with Crippen LogP contribution in [0.15, 0.2) is 199 Å². The van der Waals surface area contributed by atoms with Gasteiger partial charge in [-0.1, -0.05) is 162 Å². The summed E-state index contributed by atoms with van der Waals surface area (Å²) in [6.07, 6.45) is 7.32. The standard InChI is InChI=1S/C21H20F2N2O2S2.C20H19F2N3O2S2.C20H21N3O2S2.C19H20N4O2S2.CH4/c1-13-20(29(3,4)27)28-21(24-13)25(2)19(26)11-14-5-7-15(8-6-14)17-12-16(22)9-10-18(17)23;1-12-19(29(3,23)27)28-20(24-12)25(2)18(26)10-13-4-6-14(7-5-13)16-11-15(21)8-9-17(16)22;1-14-19(27(3,4)25)26-20(22-14)23(2)18(24)13-15-8-10-16(11-9-15)17-7-5-6-12-21-17;1-13-18(27(3,20)25)26-19(22-13)23(2)17(24)12-14-7-9-15(10-8-14)16-6-4-5-11-21-16;/h5-10,12H,3,11H2,1-2,4H3;4-9,11H,3,10H2,1-2H3,(H2,23,27);5-12H,3,13H2,1-2,4H3;4-11H,3,12H2,1-2H3,(H2,20,25);1H4. The predicted molar refractivity (Wildman–Crippen MR) is 460 cm³/mol. The smallest absolute Gasteiger partial charge is 0.232 e. The third-order valence-electron chi connectivity index (χ3n) is 16.7. The molecular formula is C81H84F4N12O8S8. The lowest BCUT2D eigenvalue weighted by atomic mass is 10.0. The Morgan fingerprint density at radius 1 is 0.381 bits per heavy atom. The molecule has 4 unspecified atom stereocenters. The van der Waals surface area contributed by atoms with Crippen molar-refractivity contribution >= 4 is 151 Å². The second-order valence-electron chi connectivity index (χ2n) is 25.9. The highest BCUT2D eigenvalue weighted by atomic mass is 32.2. The SMILES string of the molecule is C.C=S(C)(=O)c1sc(N(C)C(=O)Cc2ccc(-c3cc(F)ccc3F)cc2)nc1C.C=S(C)(=O)c1sc(N(C)C(=O)Cc2ccc(-c3ccccn3)cc2)nc1C.C=S(N)(=O)c1sc(N(C)C(=O)Cc2ccc(-c3cc(F)ccc3F)cc2)nc1C.C=S(N)(=O)c1sc(N(C)C(=O)Cc2ccc(-c3ccccn3)cc2)nc1C. The molecule has 12 rings (SSSR count). The Bertz CT molecular complexity index is 5550. The van der Waals surface area contributed by atoms with Crippen LogP contribution in [0.1, 0.15) is 52.5 Å². The number of pyridine rings is 2. The minimum atomic E-state index is -2.91. The lowest BCUT2D eigenvalue weighted by Crippen LogP contribution is -2.27. The second-order valence-corrected chi connectivity index (χ2v) is 39.4. The Balaban J connectivity index is 0.000000188. The van der Waals surface area contributed by atoms with E-state index in [-0.39, 0.29) is 67.9 Å². The van der Waals surface area contributed by atoms with Crippen LogP contribution in [-0.2, 0) is 83.3 Å². The van der Waals surface area contributed by atoms with Gasteiger partial charge in [0.05, 0.1) is 79.3 Å². The molecule has 0 bridgehead atoms. The average Bonchev–Trinajstić information content (AvgIpc) is 1.43. The molecule has 6 heterocycles. The quantitative estimate of drug-likeness (QED) is 0.0530. The highest BCUT2D eigenvalue weighted by molar-refractivity contribution is 8.02. The van der Waals surface area contributed by atoms with E-state index >= 15 is 0 Å². The summed E-state index contributed by atoms with van der Waals surface area (Å²) in [7, 11) is -4.00. The minimum absolute atomic E-state index is 0. The van der Waals surface area contributed by atoms with Crippen LogP contribution in [-0.4, -0.2) is 135 Å².